The molecule has 9 nitrogen and oxygen atoms in total. The molecule has 2 aliphatic heterocycles. The second-order valence-corrected chi connectivity index (χ2v) is 4.21. The van der Waals surface area contributed by atoms with Crippen LogP contribution in [0, 0.1) is 0 Å². The molecule has 0 unspecified atom stereocenters. The predicted octanol–water partition coefficient (Wildman–Crippen LogP) is -3.05. The van der Waals surface area contributed by atoms with Crippen LogP contribution in [-0.4, -0.2) is 49.3 Å². The fraction of sp³-hybridized carbons (Fsp3) is 0.667. The molecule has 0 amide bonds. The topological polar surface area (TPSA) is 116 Å². The number of aliphatic hydroxyl groups excluding tert-OH is 2. The summed E-state index contributed by atoms with van der Waals surface area (Å²) in [6.07, 6.45) is -3.62. The zero-order valence-electron chi connectivity index (χ0n) is 9.39. The van der Waals surface area contributed by atoms with Gasteiger partial charge in [-0.15, -0.1) is 4.98 Å². The zero-order chi connectivity index (χ0) is 13.0. The highest BCUT2D eigenvalue weighted by molar-refractivity contribution is 5.09. The van der Waals surface area contributed by atoms with Crippen LogP contribution in [0.15, 0.2) is 9.59 Å². The van der Waals surface area contributed by atoms with Gasteiger partial charge in [-0.25, -0.2) is 18.7 Å². The first kappa shape index (κ1) is 11.4. The lowest BCUT2D eigenvalue weighted by molar-refractivity contribution is -0.0451. The van der Waals surface area contributed by atoms with Crippen LogP contribution >= 0.6 is 0 Å². The Bertz CT molecular complexity index is 607. The van der Waals surface area contributed by atoms with Crippen molar-refractivity contribution in [3.63, 3.8) is 0 Å². The van der Waals surface area contributed by atoms with Crippen molar-refractivity contribution in [1.82, 2.24) is 14.1 Å². The summed E-state index contributed by atoms with van der Waals surface area (Å²) >= 11 is 0. The minimum atomic E-state index is -1.08. The molecule has 2 aliphatic rings. The molecule has 1 aromatic heterocycles. The number of aliphatic hydroxyl groups is 2. The van der Waals surface area contributed by atoms with Crippen molar-refractivity contribution in [2.24, 2.45) is 7.05 Å². The summed E-state index contributed by atoms with van der Waals surface area (Å²) < 4.78 is 12.5. The minimum absolute atomic E-state index is 0.173. The number of aromatic nitrogens is 3. The highest BCUT2D eigenvalue weighted by atomic mass is 16.6. The molecule has 18 heavy (non-hydrogen) atoms. The molecule has 0 aliphatic carbocycles. The average molecular weight is 257 g/mol. The van der Waals surface area contributed by atoms with Crippen molar-refractivity contribution in [3.8, 4) is 6.01 Å². The molecule has 1 saturated heterocycles. The summed E-state index contributed by atoms with van der Waals surface area (Å²) in [5.41, 5.74) is -1.37. The molecule has 0 saturated carbocycles. The van der Waals surface area contributed by atoms with Crippen LogP contribution in [0.4, 0.5) is 0 Å². The fourth-order valence-electron chi connectivity index (χ4n) is 2.16. The van der Waals surface area contributed by atoms with Crippen molar-refractivity contribution in [1.29, 1.82) is 0 Å². The molecule has 1 aromatic rings. The Morgan fingerprint density at radius 1 is 1.44 bits per heavy atom. The number of ether oxygens (including phenoxy) is 2. The molecule has 9 heteroatoms. The smallest absolute Gasteiger partial charge is 0.356 e. The lowest BCUT2D eigenvalue weighted by Gasteiger charge is -2.14. The normalized spacial score (nSPS) is 33.1. The summed E-state index contributed by atoms with van der Waals surface area (Å²) in [6.45, 7) is -0.388. The van der Waals surface area contributed by atoms with Crippen molar-refractivity contribution in [3.05, 3.63) is 21.0 Å². The Morgan fingerprint density at radius 3 is 2.83 bits per heavy atom. The van der Waals surface area contributed by atoms with E-state index < -0.39 is 35.9 Å². The van der Waals surface area contributed by atoms with Gasteiger partial charge in [0, 0.05) is 7.05 Å². The third kappa shape index (κ3) is 1.29. The third-order valence-electron chi connectivity index (χ3n) is 3.17. The van der Waals surface area contributed by atoms with E-state index in [-0.39, 0.29) is 12.6 Å². The largest absolute Gasteiger partial charge is 0.453 e. The molecule has 3 heterocycles. The van der Waals surface area contributed by atoms with Crippen molar-refractivity contribution >= 4 is 0 Å². The number of hydrogen-bond acceptors (Lipinski definition) is 7. The summed E-state index contributed by atoms with van der Waals surface area (Å²) in [4.78, 5) is 26.8. The SMILES string of the molecule is Cn1c(=O)nc2n(c1=O)[C@@H]1O[C@H](CO)[C@@H](O)[C@@H]1O2. The van der Waals surface area contributed by atoms with Gasteiger partial charge in [0.15, 0.2) is 12.3 Å². The molecule has 0 bridgehead atoms. The van der Waals surface area contributed by atoms with Crippen LogP contribution in [0.5, 0.6) is 6.01 Å². The maximum atomic E-state index is 11.9. The predicted molar refractivity (Wildman–Crippen MR) is 55.2 cm³/mol. The van der Waals surface area contributed by atoms with Crippen LogP contribution < -0.4 is 16.1 Å². The molecular formula is C9H11N3O6. The van der Waals surface area contributed by atoms with E-state index in [2.05, 4.69) is 4.98 Å². The summed E-state index contributed by atoms with van der Waals surface area (Å²) in [7, 11) is 1.28. The van der Waals surface area contributed by atoms with Gasteiger partial charge < -0.3 is 19.7 Å². The number of nitrogens with zero attached hydrogens (tertiary/aromatic N) is 3. The first-order valence-electron chi connectivity index (χ1n) is 5.35. The molecule has 3 rings (SSSR count). The molecule has 2 N–H and O–H groups in total. The quantitative estimate of drug-likeness (QED) is 0.549. The highest BCUT2D eigenvalue weighted by Crippen LogP contribution is 2.37. The lowest BCUT2D eigenvalue weighted by Crippen LogP contribution is -2.40. The summed E-state index contributed by atoms with van der Waals surface area (Å²) in [5.74, 6) is 0. The van der Waals surface area contributed by atoms with E-state index in [9.17, 15) is 14.7 Å². The van der Waals surface area contributed by atoms with Gasteiger partial charge in [0.05, 0.1) is 6.61 Å². The van der Waals surface area contributed by atoms with Crippen molar-refractivity contribution in [2.75, 3.05) is 6.61 Å². The zero-order valence-corrected chi connectivity index (χ0v) is 9.39. The van der Waals surface area contributed by atoms with E-state index in [0.717, 1.165) is 9.13 Å². The monoisotopic (exact) mass is 257 g/mol. The van der Waals surface area contributed by atoms with Gasteiger partial charge in [-0.05, 0) is 0 Å². The van der Waals surface area contributed by atoms with Crippen LogP contribution in [0.2, 0.25) is 0 Å². The molecule has 0 radical (unpaired) electrons. The van der Waals surface area contributed by atoms with E-state index >= 15 is 0 Å². The first-order valence-corrected chi connectivity index (χ1v) is 5.35. The summed E-state index contributed by atoms with van der Waals surface area (Å²) in [5, 5.41) is 18.8. The van der Waals surface area contributed by atoms with E-state index in [1.165, 1.54) is 7.05 Å². The van der Waals surface area contributed by atoms with E-state index in [1.54, 1.807) is 0 Å². The van der Waals surface area contributed by atoms with Crippen molar-refractivity contribution < 1.29 is 19.7 Å². The van der Waals surface area contributed by atoms with Gasteiger partial charge in [-0.2, -0.15) is 0 Å². The van der Waals surface area contributed by atoms with Crippen LogP contribution in [-0.2, 0) is 11.8 Å². The van der Waals surface area contributed by atoms with Gasteiger partial charge in [0.25, 0.3) is 0 Å². The van der Waals surface area contributed by atoms with Crippen LogP contribution in [0.3, 0.4) is 0 Å². The van der Waals surface area contributed by atoms with Gasteiger partial charge in [-0.1, -0.05) is 0 Å². The Kier molecular flexibility index (Phi) is 2.30. The first-order chi connectivity index (χ1) is 8.54. The van der Waals surface area contributed by atoms with E-state index in [4.69, 9.17) is 14.6 Å². The average Bonchev–Trinajstić information content (AvgIpc) is 2.83. The van der Waals surface area contributed by atoms with Gasteiger partial charge in [0.1, 0.15) is 12.2 Å². The third-order valence-corrected chi connectivity index (χ3v) is 3.17. The fourth-order valence-corrected chi connectivity index (χ4v) is 2.16. The standard InChI is InChI=1S/C9H11N3O6/c1-11-7(15)10-8-12(9(11)16)6-5(18-8)4(14)3(2-13)17-6/h3-6,13-14H,2H2,1H3/t3-,4-,5+,6-/m1/s1. The molecular weight excluding hydrogens is 246 g/mol. The number of fused-ring (bicyclic) bond motifs is 3. The second-order valence-electron chi connectivity index (χ2n) is 4.21. The van der Waals surface area contributed by atoms with Crippen LogP contribution in [0.1, 0.15) is 6.23 Å². The molecule has 0 spiro atoms. The highest BCUT2D eigenvalue weighted by Gasteiger charge is 2.52. The minimum Gasteiger partial charge on any atom is -0.453 e. The molecule has 98 valence electrons. The Hall–Kier alpha value is -1.71. The van der Waals surface area contributed by atoms with Gasteiger partial charge in [-0.3, -0.25) is 0 Å². The lowest BCUT2D eigenvalue weighted by atomic mass is 10.1. The maximum absolute atomic E-state index is 11.9. The van der Waals surface area contributed by atoms with Crippen molar-refractivity contribution in [2.45, 2.75) is 24.5 Å². The van der Waals surface area contributed by atoms with Crippen LogP contribution in [0.25, 0.3) is 0 Å². The number of rotatable bonds is 1. The molecule has 0 aromatic carbocycles. The van der Waals surface area contributed by atoms with E-state index in [1.807, 2.05) is 0 Å². The molecule has 4 atom stereocenters. The Labute approximate surface area is 99.8 Å². The maximum Gasteiger partial charge on any atom is 0.356 e. The Morgan fingerprint density at radius 2 is 2.17 bits per heavy atom. The van der Waals surface area contributed by atoms with Gasteiger partial charge in [0.2, 0.25) is 0 Å². The summed E-state index contributed by atoms with van der Waals surface area (Å²) in [6, 6.07) is -0.173. The van der Waals surface area contributed by atoms with Gasteiger partial charge >= 0.3 is 17.4 Å². The molecule has 1 fully saturated rings. The number of hydrogen-bond donors (Lipinski definition) is 2. The Balaban J connectivity index is 2.12. The van der Waals surface area contributed by atoms with E-state index in [0.29, 0.717) is 0 Å². The second kappa shape index (κ2) is 3.64.